The predicted octanol–water partition coefficient (Wildman–Crippen LogP) is -2.60. The Kier molecular flexibility index (Phi) is 3.60. The first-order valence-corrected chi connectivity index (χ1v) is 4.02. The lowest BCUT2D eigenvalue weighted by atomic mass is 9.97. The molecular weight excluding hydrogens is 178 g/mol. The van der Waals surface area contributed by atoms with Crippen molar-refractivity contribution in [1.82, 2.24) is 0 Å². The Labute approximate surface area is 75.9 Å². The van der Waals surface area contributed by atoms with Gasteiger partial charge >= 0.3 is 0 Å². The first kappa shape index (κ1) is 10.8. The molecule has 0 spiro atoms. The van der Waals surface area contributed by atoms with Gasteiger partial charge in [0.2, 0.25) is 0 Å². The molecule has 0 amide bonds. The number of hydrogen-bond donors (Lipinski definition) is 4. The number of ether oxygens (including phenoxy) is 2. The molecule has 0 aromatic heterocycles. The molecule has 0 bridgehead atoms. The quantitative estimate of drug-likeness (QED) is 0.383. The monoisotopic (exact) mass is 193 g/mol. The van der Waals surface area contributed by atoms with Crippen molar-refractivity contribution in [2.75, 3.05) is 13.7 Å². The highest BCUT2D eigenvalue weighted by Gasteiger charge is 2.42. The van der Waals surface area contributed by atoms with Crippen molar-refractivity contribution < 1.29 is 24.8 Å². The van der Waals surface area contributed by atoms with Gasteiger partial charge in [-0.05, 0) is 0 Å². The highest BCUT2D eigenvalue weighted by molar-refractivity contribution is 4.91. The number of nitrogens with two attached hydrogens (primary N) is 1. The maximum absolute atomic E-state index is 9.40. The molecule has 1 rings (SSSR count). The molecule has 1 aliphatic rings. The molecule has 0 unspecified atom stereocenters. The molecule has 5 N–H and O–H groups in total. The second-order valence-electron chi connectivity index (χ2n) is 3.02. The van der Waals surface area contributed by atoms with Crippen LogP contribution < -0.4 is 5.73 Å². The lowest BCUT2D eigenvalue weighted by molar-refractivity contribution is -0.267. The van der Waals surface area contributed by atoms with E-state index in [9.17, 15) is 10.2 Å². The molecule has 1 fully saturated rings. The van der Waals surface area contributed by atoms with E-state index in [2.05, 4.69) is 0 Å². The molecule has 78 valence electrons. The standard InChI is InChI=1S/C7H15NO5/c1-12-7-6(11)4(8)5(10)3(2-9)13-7/h3-7,9-11H,2,8H2,1H3/t3-,4+,5-,6-,7-/m0/s1. The van der Waals surface area contributed by atoms with Gasteiger partial charge in [-0.2, -0.15) is 0 Å². The minimum Gasteiger partial charge on any atom is -0.394 e. The molecule has 1 heterocycles. The average molecular weight is 193 g/mol. The van der Waals surface area contributed by atoms with Crippen LogP contribution in [0.5, 0.6) is 0 Å². The van der Waals surface area contributed by atoms with Crippen molar-refractivity contribution in [3.8, 4) is 0 Å². The smallest absolute Gasteiger partial charge is 0.185 e. The minimum atomic E-state index is -1.08. The minimum absolute atomic E-state index is 0.360. The Hall–Kier alpha value is -0.240. The van der Waals surface area contributed by atoms with E-state index >= 15 is 0 Å². The molecule has 0 radical (unpaired) electrons. The van der Waals surface area contributed by atoms with Crippen molar-refractivity contribution >= 4 is 0 Å². The summed E-state index contributed by atoms with van der Waals surface area (Å²) in [7, 11) is 1.35. The molecule has 0 aliphatic carbocycles. The van der Waals surface area contributed by atoms with Gasteiger partial charge in [-0.3, -0.25) is 0 Å². The van der Waals surface area contributed by atoms with Crippen molar-refractivity contribution in [1.29, 1.82) is 0 Å². The van der Waals surface area contributed by atoms with Gasteiger partial charge in [0, 0.05) is 7.11 Å². The Bertz CT molecular complexity index is 147. The highest BCUT2D eigenvalue weighted by atomic mass is 16.7. The van der Waals surface area contributed by atoms with E-state index in [1.807, 2.05) is 0 Å². The number of aliphatic hydroxyl groups is 3. The third-order valence-corrected chi connectivity index (χ3v) is 2.17. The summed E-state index contributed by atoms with van der Waals surface area (Å²) in [5.41, 5.74) is 5.48. The highest BCUT2D eigenvalue weighted by Crippen LogP contribution is 2.19. The third kappa shape index (κ3) is 1.98. The van der Waals surface area contributed by atoms with Gasteiger partial charge in [-0.1, -0.05) is 0 Å². The van der Waals surface area contributed by atoms with E-state index in [1.54, 1.807) is 0 Å². The Morgan fingerprint density at radius 2 is 2.00 bits per heavy atom. The molecule has 6 heteroatoms. The van der Waals surface area contributed by atoms with E-state index in [4.69, 9.17) is 20.3 Å². The fourth-order valence-corrected chi connectivity index (χ4v) is 1.31. The van der Waals surface area contributed by atoms with Gasteiger partial charge in [0.1, 0.15) is 18.3 Å². The normalized spacial score (nSPS) is 46.4. The van der Waals surface area contributed by atoms with Crippen molar-refractivity contribution in [2.45, 2.75) is 30.6 Å². The summed E-state index contributed by atoms with van der Waals surface area (Å²) in [6.45, 7) is -0.360. The van der Waals surface area contributed by atoms with Gasteiger partial charge < -0.3 is 30.5 Å². The molecule has 6 nitrogen and oxygen atoms in total. The van der Waals surface area contributed by atoms with Crippen LogP contribution in [0.15, 0.2) is 0 Å². The van der Waals surface area contributed by atoms with Crippen LogP contribution in [0.2, 0.25) is 0 Å². The number of hydrogen-bond acceptors (Lipinski definition) is 6. The van der Waals surface area contributed by atoms with E-state index in [0.29, 0.717) is 0 Å². The second kappa shape index (κ2) is 4.32. The number of aliphatic hydroxyl groups excluding tert-OH is 3. The van der Waals surface area contributed by atoms with Gasteiger partial charge in [-0.15, -0.1) is 0 Å². The van der Waals surface area contributed by atoms with E-state index in [-0.39, 0.29) is 6.61 Å². The largest absolute Gasteiger partial charge is 0.394 e. The molecule has 1 aliphatic heterocycles. The molecule has 1 saturated heterocycles. The SMILES string of the molecule is CO[C@H]1O[C@@H](CO)[C@H](O)[C@@H](N)[C@@H]1O. The summed E-state index contributed by atoms with van der Waals surface area (Å²) in [5, 5.41) is 27.6. The lowest BCUT2D eigenvalue weighted by Gasteiger charge is -2.39. The summed E-state index contributed by atoms with van der Waals surface area (Å²) >= 11 is 0. The van der Waals surface area contributed by atoms with Gasteiger partial charge in [0.05, 0.1) is 12.6 Å². The average Bonchev–Trinajstić information content (AvgIpc) is 2.15. The zero-order chi connectivity index (χ0) is 10.0. The topological polar surface area (TPSA) is 105 Å². The van der Waals surface area contributed by atoms with Crippen LogP contribution in [-0.2, 0) is 9.47 Å². The Balaban J connectivity index is 2.66. The van der Waals surface area contributed by atoms with Gasteiger partial charge in [0.15, 0.2) is 6.29 Å². The van der Waals surface area contributed by atoms with Crippen molar-refractivity contribution in [3.63, 3.8) is 0 Å². The Morgan fingerprint density at radius 1 is 1.38 bits per heavy atom. The lowest BCUT2D eigenvalue weighted by Crippen LogP contribution is -2.62. The molecule has 13 heavy (non-hydrogen) atoms. The summed E-state index contributed by atoms with van der Waals surface area (Å²) in [4.78, 5) is 0. The summed E-state index contributed by atoms with van der Waals surface area (Å²) in [6.07, 6.45) is -3.85. The first-order valence-electron chi connectivity index (χ1n) is 4.02. The predicted molar refractivity (Wildman–Crippen MR) is 42.7 cm³/mol. The van der Waals surface area contributed by atoms with Crippen LogP contribution >= 0.6 is 0 Å². The van der Waals surface area contributed by atoms with E-state index in [1.165, 1.54) is 7.11 Å². The summed E-state index contributed by atoms with van der Waals surface area (Å²) in [5.74, 6) is 0. The van der Waals surface area contributed by atoms with Crippen LogP contribution in [0.25, 0.3) is 0 Å². The zero-order valence-electron chi connectivity index (χ0n) is 7.33. The van der Waals surface area contributed by atoms with Crippen LogP contribution in [0.3, 0.4) is 0 Å². The molecule has 0 saturated carbocycles. The summed E-state index contributed by atoms with van der Waals surface area (Å²) in [6, 6.07) is -0.865. The van der Waals surface area contributed by atoms with Crippen molar-refractivity contribution in [3.05, 3.63) is 0 Å². The third-order valence-electron chi connectivity index (χ3n) is 2.17. The maximum atomic E-state index is 9.40. The molecule has 5 atom stereocenters. The summed E-state index contributed by atoms with van der Waals surface area (Å²) < 4.78 is 9.81. The van der Waals surface area contributed by atoms with Gasteiger partial charge in [0.25, 0.3) is 0 Å². The first-order chi connectivity index (χ1) is 6.11. The van der Waals surface area contributed by atoms with Crippen LogP contribution in [-0.4, -0.2) is 59.7 Å². The van der Waals surface area contributed by atoms with Crippen LogP contribution in [0.4, 0.5) is 0 Å². The molecule has 0 aromatic rings. The number of methoxy groups -OCH3 is 1. The number of rotatable bonds is 2. The second-order valence-corrected chi connectivity index (χ2v) is 3.02. The van der Waals surface area contributed by atoms with Crippen molar-refractivity contribution in [2.24, 2.45) is 5.73 Å². The van der Waals surface area contributed by atoms with E-state index < -0.39 is 30.6 Å². The zero-order valence-corrected chi connectivity index (χ0v) is 7.33. The van der Waals surface area contributed by atoms with E-state index in [0.717, 1.165) is 0 Å². The van der Waals surface area contributed by atoms with Gasteiger partial charge in [-0.25, -0.2) is 0 Å². The molecular formula is C7H15NO5. The Morgan fingerprint density at radius 3 is 2.46 bits per heavy atom. The van der Waals surface area contributed by atoms with Crippen LogP contribution in [0.1, 0.15) is 0 Å². The maximum Gasteiger partial charge on any atom is 0.185 e. The fourth-order valence-electron chi connectivity index (χ4n) is 1.31. The molecule has 0 aromatic carbocycles. The van der Waals surface area contributed by atoms with Crippen LogP contribution in [0, 0.1) is 0 Å². The fraction of sp³-hybridized carbons (Fsp3) is 1.00.